The molecule has 1 fully saturated rings. The standard InChI is InChI=1S/C12H20N2O2/c1-9(2)14-12(3-5-13-14)11-8-16-6-4-10(11)7-15/h3,5,9-11,15H,4,6-8H2,1-2H3/t10-,11+/m1/s1. The lowest BCUT2D eigenvalue weighted by Crippen LogP contribution is -2.30. The van der Waals surface area contributed by atoms with Crippen LogP contribution < -0.4 is 0 Å². The Morgan fingerprint density at radius 1 is 1.62 bits per heavy atom. The number of hydrogen-bond donors (Lipinski definition) is 1. The average Bonchev–Trinajstić information content (AvgIpc) is 2.77. The molecule has 16 heavy (non-hydrogen) atoms. The lowest BCUT2D eigenvalue weighted by atomic mass is 9.86. The van der Waals surface area contributed by atoms with E-state index in [1.165, 1.54) is 5.69 Å². The van der Waals surface area contributed by atoms with E-state index in [-0.39, 0.29) is 12.5 Å². The minimum Gasteiger partial charge on any atom is -0.396 e. The number of rotatable bonds is 3. The van der Waals surface area contributed by atoms with Gasteiger partial charge in [0.2, 0.25) is 0 Å². The summed E-state index contributed by atoms with van der Waals surface area (Å²) >= 11 is 0. The number of aliphatic hydroxyl groups excluding tert-OH is 1. The summed E-state index contributed by atoms with van der Waals surface area (Å²) < 4.78 is 7.55. The largest absolute Gasteiger partial charge is 0.396 e. The zero-order chi connectivity index (χ0) is 11.5. The van der Waals surface area contributed by atoms with Crippen molar-refractivity contribution < 1.29 is 9.84 Å². The Bertz CT molecular complexity index is 336. The molecule has 0 spiro atoms. The molecule has 1 aromatic rings. The van der Waals surface area contributed by atoms with Gasteiger partial charge >= 0.3 is 0 Å². The van der Waals surface area contributed by atoms with Crippen molar-refractivity contribution in [3.63, 3.8) is 0 Å². The Hall–Kier alpha value is -0.870. The van der Waals surface area contributed by atoms with E-state index >= 15 is 0 Å². The van der Waals surface area contributed by atoms with Crippen LogP contribution in [0.1, 0.15) is 37.9 Å². The zero-order valence-electron chi connectivity index (χ0n) is 9.97. The van der Waals surface area contributed by atoms with E-state index in [4.69, 9.17) is 4.74 Å². The van der Waals surface area contributed by atoms with E-state index in [0.717, 1.165) is 13.0 Å². The maximum Gasteiger partial charge on any atom is 0.0553 e. The van der Waals surface area contributed by atoms with Crippen molar-refractivity contribution in [2.45, 2.75) is 32.2 Å². The molecule has 0 aromatic carbocycles. The number of ether oxygens (including phenoxy) is 1. The van der Waals surface area contributed by atoms with Crippen LogP contribution in [0.5, 0.6) is 0 Å². The third-order valence-electron chi connectivity index (χ3n) is 3.30. The summed E-state index contributed by atoms with van der Waals surface area (Å²) in [6.07, 6.45) is 2.77. The molecule has 0 radical (unpaired) electrons. The molecule has 2 atom stereocenters. The molecule has 0 unspecified atom stereocenters. The molecule has 1 aliphatic rings. The van der Waals surface area contributed by atoms with Crippen LogP contribution in [0.25, 0.3) is 0 Å². The van der Waals surface area contributed by atoms with Gasteiger partial charge in [-0.15, -0.1) is 0 Å². The van der Waals surface area contributed by atoms with Crippen LogP contribution in [0.2, 0.25) is 0 Å². The molecule has 1 saturated heterocycles. The first-order chi connectivity index (χ1) is 7.74. The van der Waals surface area contributed by atoms with Crippen LogP contribution >= 0.6 is 0 Å². The normalized spacial score (nSPS) is 26.2. The first-order valence-corrected chi connectivity index (χ1v) is 5.96. The second-order valence-electron chi connectivity index (χ2n) is 4.71. The van der Waals surface area contributed by atoms with E-state index in [0.29, 0.717) is 18.6 Å². The van der Waals surface area contributed by atoms with Gasteiger partial charge in [0, 0.05) is 37.1 Å². The predicted octanol–water partition coefficient (Wildman–Crippen LogP) is 1.58. The van der Waals surface area contributed by atoms with Crippen molar-refractivity contribution in [1.29, 1.82) is 0 Å². The third kappa shape index (κ3) is 2.13. The molecular formula is C12H20N2O2. The topological polar surface area (TPSA) is 47.3 Å². The number of hydrogen-bond acceptors (Lipinski definition) is 3. The maximum atomic E-state index is 9.40. The third-order valence-corrected chi connectivity index (χ3v) is 3.30. The number of nitrogens with zero attached hydrogens (tertiary/aromatic N) is 2. The van der Waals surface area contributed by atoms with Crippen molar-refractivity contribution >= 4 is 0 Å². The lowest BCUT2D eigenvalue weighted by molar-refractivity contribution is 0.0232. The van der Waals surface area contributed by atoms with Gasteiger partial charge in [0.05, 0.1) is 6.61 Å². The molecule has 2 rings (SSSR count). The Morgan fingerprint density at radius 2 is 2.44 bits per heavy atom. The summed E-state index contributed by atoms with van der Waals surface area (Å²) in [6.45, 7) is 5.93. The summed E-state index contributed by atoms with van der Waals surface area (Å²) in [5, 5.41) is 13.7. The monoisotopic (exact) mass is 224 g/mol. The quantitative estimate of drug-likeness (QED) is 0.848. The van der Waals surface area contributed by atoms with Crippen LogP contribution in [0.3, 0.4) is 0 Å². The molecule has 0 aliphatic carbocycles. The molecule has 2 heterocycles. The Kier molecular flexibility index (Phi) is 3.61. The van der Waals surface area contributed by atoms with Crippen molar-refractivity contribution in [2.75, 3.05) is 19.8 Å². The fraction of sp³-hybridized carbons (Fsp3) is 0.750. The number of aromatic nitrogens is 2. The molecule has 0 bridgehead atoms. The zero-order valence-corrected chi connectivity index (χ0v) is 9.97. The van der Waals surface area contributed by atoms with Crippen LogP contribution in [-0.4, -0.2) is 34.7 Å². The van der Waals surface area contributed by atoms with Gasteiger partial charge in [0.15, 0.2) is 0 Å². The molecule has 1 aromatic heterocycles. The highest BCUT2D eigenvalue weighted by Crippen LogP contribution is 2.31. The minimum atomic E-state index is 0.233. The van der Waals surface area contributed by atoms with Gasteiger partial charge in [-0.25, -0.2) is 0 Å². The van der Waals surface area contributed by atoms with Crippen LogP contribution in [-0.2, 0) is 4.74 Å². The van der Waals surface area contributed by atoms with Gasteiger partial charge in [-0.1, -0.05) is 0 Å². The summed E-state index contributed by atoms with van der Waals surface area (Å²) in [6, 6.07) is 2.40. The van der Waals surface area contributed by atoms with Gasteiger partial charge in [-0.05, 0) is 32.3 Å². The Morgan fingerprint density at radius 3 is 3.12 bits per heavy atom. The maximum absolute atomic E-state index is 9.40. The fourth-order valence-electron chi connectivity index (χ4n) is 2.38. The SMILES string of the molecule is CC(C)n1nccc1[C@H]1COCC[C@@H]1CO. The molecule has 4 nitrogen and oxygen atoms in total. The highest BCUT2D eigenvalue weighted by atomic mass is 16.5. The fourth-order valence-corrected chi connectivity index (χ4v) is 2.38. The van der Waals surface area contributed by atoms with E-state index < -0.39 is 0 Å². The summed E-state index contributed by atoms with van der Waals surface area (Å²) in [7, 11) is 0. The minimum absolute atomic E-state index is 0.233. The van der Waals surface area contributed by atoms with Gasteiger partial charge in [0.25, 0.3) is 0 Å². The highest BCUT2D eigenvalue weighted by Gasteiger charge is 2.29. The predicted molar refractivity (Wildman–Crippen MR) is 61.4 cm³/mol. The Labute approximate surface area is 96.2 Å². The molecule has 4 heteroatoms. The van der Waals surface area contributed by atoms with Crippen LogP contribution in [0, 0.1) is 5.92 Å². The first-order valence-electron chi connectivity index (χ1n) is 5.96. The van der Waals surface area contributed by atoms with Gasteiger partial charge < -0.3 is 9.84 Å². The van der Waals surface area contributed by atoms with Crippen LogP contribution in [0.15, 0.2) is 12.3 Å². The van der Waals surface area contributed by atoms with Crippen molar-refractivity contribution in [3.8, 4) is 0 Å². The molecule has 1 N–H and O–H groups in total. The number of aliphatic hydroxyl groups is 1. The average molecular weight is 224 g/mol. The molecule has 1 aliphatic heterocycles. The van der Waals surface area contributed by atoms with Gasteiger partial charge in [-0.3, -0.25) is 4.68 Å². The Balaban J connectivity index is 2.23. The van der Waals surface area contributed by atoms with Gasteiger partial charge in [-0.2, -0.15) is 5.10 Å². The highest BCUT2D eigenvalue weighted by molar-refractivity contribution is 5.11. The van der Waals surface area contributed by atoms with E-state index in [1.807, 2.05) is 16.9 Å². The summed E-state index contributed by atoms with van der Waals surface area (Å²) in [4.78, 5) is 0. The second kappa shape index (κ2) is 4.97. The van der Waals surface area contributed by atoms with Crippen molar-refractivity contribution in [3.05, 3.63) is 18.0 Å². The van der Waals surface area contributed by atoms with E-state index in [9.17, 15) is 5.11 Å². The van der Waals surface area contributed by atoms with Crippen molar-refractivity contribution in [2.24, 2.45) is 5.92 Å². The lowest BCUT2D eigenvalue weighted by Gasteiger charge is -2.31. The summed E-state index contributed by atoms with van der Waals surface area (Å²) in [5.41, 5.74) is 1.19. The molecule has 90 valence electrons. The van der Waals surface area contributed by atoms with Gasteiger partial charge in [0.1, 0.15) is 0 Å². The van der Waals surface area contributed by atoms with E-state index in [1.54, 1.807) is 0 Å². The van der Waals surface area contributed by atoms with E-state index in [2.05, 4.69) is 18.9 Å². The molecule has 0 amide bonds. The summed E-state index contributed by atoms with van der Waals surface area (Å²) in [5.74, 6) is 0.589. The first kappa shape index (κ1) is 11.6. The smallest absolute Gasteiger partial charge is 0.0553 e. The van der Waals surface area contributed by atoms with Crippen LogP contribution in [0.4, 0.5) is 0 Å². The second-order valence-corrected chi connectivity index (χ2v) is 4.71. The molecule has 0 saturated carbocycles. The molecular weight excluding hydrogens is 204 g/mol. The van der Waals surface area contributed by atoms with Crippen molar-refractivity contribution in [1.82, 2.24) is 9.78 Å².